The standard InChI is InChI=1S/C22H20F2N4O/c23-17-7-8-20(19(24)14-17)26-21-9-6-16(15-25-21)22(29)28-12-10-27(11-13-28)18-4-2-1-3-5-18/h1-9,14-15H,10-13H2,(H,25,26). The second-order valence-corrected chi connectivity index (χ2v) is 6.80. The van der Waals surface area contributed by atoms with E-state index in [4.69, 9.17) is 0 Å². The molecule has 0 radical (unpaired) electrons. The van der Waals surface area contributed by atoms with Gasteiger partial charge in [0.1, 0.15) is 17.5 Å². The maximum Gasteiger partial charge on any atom is 0.255 e. The minimum Gasteiger partial charge on any atom is -0.368 e. The molecule has 0 saturated carbocycles. The molecule has 29 heavy (non-hydrogen) atoms. The van der Waals surface area contributed by atoms with E-state index in [1.54, 1.807) is 12.1 Å². The van der Waals surface area contributed by atoms with Crippen LogP contribution >= 0.6 is 0 Å². The molecule has 1 saturated heterocycles. The highest BCUT2D eigenvalue weighted by atomic mass is 19.1. The van der Waals surface area contributed by atoms with E-state index < -0.39 is 11.6 Å². The average molecular weight is 394 g/mol. The first kappa shape index (κ1) is 18.9. The van der Waals surface area contributed by atoms with E-state index in [-0.39, 0.29) is 11.6 Å². The lowest BCUT2D eigenvalue weighted by Gasteiger charge is -2.36. The van der Waals surface area contributed by atoms with Crippen LogP contribution in [0.4, 0.5) is 26.0 Å². The van der Waals surface area contributed by atoms with Gasteiger partial charge in [-0.3, -0.25) is 4.79 Å². The predicted molar refractivity (Wildman–Crippen MR) is 108 cm³/mol. The number of aromatic nitrogens is 1. The molecule has 0 bridgehead atoms. The molecule has 1 amide bonds. The molecule has 1 aromatic heterocycles. The summed E-state index contributed by atoms with van der Waals surface area (Å²) in [6.45, 7) is 2.81. The van der Waals surface area contributed by atoms with Crippen LogP contribution in [0, 0.1) is 11.6 Å². The molecule has 0 aliphatic carbocycles. The van der Waals surface area contributed by atoms with Crippen LogP contribution in [0.5, 0.6) is 0 Å². The topological polar surface area (TPSA) is 48.5 Å². The molecule has 1 N–H and O–H groups in total. The number of anilines is 3. The monoisotopic (exact) mass is 394 g/mol. The summed E-state index contributed by atoms with van der Waals surface area (Å²) in [5.41, 5.74) is 1.75. The van der Waals surface area contributed by atoms with Crippen molar-refractivity contribution in [3.05, 3.63) is 84.1 Å². The molecule has 4 rings (SSSR count). The quantitative estimate of drug-likeness (QED) is 0.725. The number of para-hydroxylation sites is 1. The van der Waals surface area contributed by atoms with Crippen LogP contribution < -0.4 is 10.2 Å². The highest BCUT2D eigenvalue weighted by Crippen LogP contribution is 2.20. The highest BCUT2D eigenvalue weighted by molar-refractivity contribution is 5.94. The number of nitrogens with zero attached hydrogens (tertiary/aromatic N) is 3. The molecular weight excluding hydrogens is 374 g/mol. The van der Waals surface area contributed by atoms with Gasteiger partial charge in [0, 0.05) is 44.1 Å². The van der Waals surface area contributed by atoms with Crippen LogP contribution in [0.25, 0.3) is 0 Å². The molecule has 0 unspecified atom stereocenters. The number of amides is 1. The molecular formula is C22H20F2N4O. The van der Waals surface area contributed by atoms with Crippen LogP contribution in [0.15, 0.2) is 66.9 Å². The number of hydrogen-bond donors (Lipinski definition) is 1. The van der Waals surface area contributed by atoms with E-state index in [0.717, 1.165) is 24.8 Å². The number of carbonyl (C=O) groups is 1. The van der Waals surface area contributed by atoms with Crippen molar-refractivity contribution < 1.29 is 13.6 Å². The second kappa shape index (κ2) is 8.26. The Balaban J connectivity index is 1.37. The Labute approximate surface area is 167 Å². The molecule has 1 aliphatic heterocycles. The number of hydrogen-bond acceptors (Lipinski definition) is 4. The number of halogens is 2. The van der Waals surface area contributed by atoms with Crippen molar-refractivity contribution in [3.8, 4) is 0 Å². The zero-order chi connectivity index (χ0) is 20.2. The van der Waals surface area contributed by atoms with Crippen molar-refractivity contribution in [3.63, 3.8) is 0 Å². The Kier molecular flexibility index (Phi) is 5.37. The molecule has 0 atom stereocenters. The molecule has 0 spiro atoms. The Morgan fingerprint density at radius 2 is 1.69 bits per heavy atom. The normalized spacial score (nSPS) is 14.0. The lowest BCUT2D eigenvalue weighted by atomic mass is 10.2. The Morgan fingerprint density at radius 1 is 0.931 bits per heavy atom. The Bertz CT molecular complexity index is 987. The fourth-order valence-corrected chi connectivity index (χ4v) is 3.31. The smallest absolute Gasteiger partial charge is 0.255 e. The van der Waals surface area contributed by atoms with Crippen molar-refractivity contribution in [2.24, 2.45) is 0 Å². The lowest BCUT2D eigenvalue weighted by molar-refractivity contribution is 0.0746. The Hall–Kier alpha value is -3.48. The summed E-state index contributed by atoms with van der Waals surface area (Å²) < 4.78 is 26.7. The first-order valence-electron chi connectivity index (χ1n) is 9.37. The fourth-order valence-electron chi connectivity index (χ4n) is 3.31. The van der Waals surface area contributed by atoms with Gasteiger partial charge in [0.15, 0.2) is 0 Å². The number of rotatable bonds is 4. The third-order valence-corrected chi connectivity index (χ3v) is 4.89. The van der Waals surface area contributed by atoms with E-state index in [0.29, 0.717) is 24.5 Å². The zero-order valence-electron chi connectivity index (χ0n) is 15.7. The predicted octanol–water partition coefficient (Wildman–Crippen LogP) is 4.07. The summed E-state index contributed by atoms with van der Waals surface area (Å²) in [4.78, 5) is 21.0. The van der Waals surface area contributed by atoms with Crippen molar-refractivity contribution in [1.82, 2.24) is 9.88 Å². The SMILES string of the molecule is O=C(c1ccc(Nc2ccc(F)cc2F)nc1)N1CCN(c2ccccc2)CC1. The van der Waals surface area contributed by atoms with Crippen LogP contribution in [0.2, 0.25) is 0 Å². The van der Waals surface area contributed by atoms with E-state index >= 15 is 0 Å². The molecule has 1 fully saturated rings. The van der Waals surface area contributed by atoms with E-state index in [1.807, 2.05) is 23.1 Å². The molecule has 2 heterocycles. The third kappa shape index (κ3) is 4.34. The summed E-state index contributed by atoms with van der Waals surface area (Å²) in [5.74, 6) is -1.05. The second-order valence-electron chi connectivity index (χ2n) is 6.80. The minimum absolute atomic E-state index is 0.0790. The number of carbonyl (C=O) groups excluding carboxylic acids is 1. The van der Waals surface area contributed by atoms with Crippen LogP contribution in [0.1, 0.15) is 10.4 Å². The first-order chi connectivity index (χ1) is 14.1. The number of pyridine rings is 1. The van der Waals surface area contributed by atoms with Gasteiger partial charge >= 0.3 is 0 Å². The fraction of sp³-hybridized carbons (Fsp3) is 0.182. The first-order valence-corrected chi connectivity index (χ1v) is 9.37. The number of benzene rings is 2. The van der Waals surface area contributed by atoms with Crippen molar-refractivity contribution in [1.29, 1.82) is 0 Å². The summed E-state index contributed by atoms with van der Waals surface area (Å²) in [6, 6.07) is 16.7. The molecule has 2 aromatic carbocycles. The summed E-state index contributed by atoms with van der Waals surface area (Å²) in [5, 5.41) is 2.78. The van der Waals surface area contributed by atoms with Gasteiger partial charge in [0.2, 0.25) is 0 Å². The van der Waals surface area contributed by atoms with Crippen LogP contribution in [-0.4, -0.2) is 42.0 Å². The lowest BCUT2D eigenvalue weighted by Crippen LogP contribution is -2.48. The van der Waals surface area contributed by atoms with Gasteiger partial charge in [-0.1, -0.05) is 18.2 Å². The molecule has 5 nitrogen and oxygen atoms in total. The van der Waals surface area contributed by atoms with Gasteiger partial charge in [-0.15, -0.1) is 0 Å². The van der Waals surface area contributed by atoms with Crippen LogP contribution in [-0.2, 0) is 0 Å². The summed E-state index contributed by atoms with van der Waals surface area (Å²) >= 11 is 0. The molecule has 1 aliphatic rings. The average Bonchev–Trinajstić information content (AvgIpc) is 2.76. The number of piperazine rings is 1. The minimum atomic E-state index is -0.705. The van der Waals surface area contributed by atoms with E-state index in [2.05, 4.69) is 27.3 Å². The zero-order valence-corrected chi connectivity index (χ0v) is 15.7. The maximum atomic E-state index is 13.7. The van der Waals surface area contributed by atoms with Gasteiger partial charge in [0.05, 0.1) is 11.3 Å². The largest absolute Gasteiger partial charge is 0.368 e. The molecule has 148 valence electrons. The number of nitrogens with one attached hydrogen (secondary N) is 1. The maximum absolute atomic E-state index is 13.7. The van der Waals surface area contributed by atoms with Gasteiger partial charge in [-0.2, -0.15) is 0 Å². The third-order valence-electron chi connectivity index (χ3n) is 4.89. The van der Waals surface area contributed by atoms with Gasteiger partial charge in [-0.25, -0.2) is 13.8 Å². The summed E-state index contributed by atoms with van der Waals surface area (Å²) in [6.07, 6.45) is 1.47. The molecule has 3 aromatic rings. The van der Waals surface area contributed by atoms with Gasteiger partial charge in [-0.05, 0) is 36.4 Å². The van der Waals surface area contributed by atoms with Crippen LogP contribution in [0.3, 0.4) is 0 Å². The van der Waals surface area contributed by atoms with Crippen molar-refractivity contribution in [2.75, 3.05) is 36.4 Å². The van der Waals surface area contributed by atoms with Crippen molar-refractivity contribution >= 4 is 23.1 Å². The van der Waals surface area contributed by atoms with E-state index in [1.165, 1.54) is 18.3 Å². The summed E-state index contributed by atoms with van der Waals surface area (Å²) in [7, 11) is 0. The Morgan fingerprint density at radius 3 is 2.34 bits per heavy atom. The van der Waals surface area contributed by atoms with E-state index in [9.17, 15) is 13.6 Å². The van der Waals surface area contributed by atoms with Gasteiger partial charge < -0.3 is 15.1 Å². The van der Waals surface area contributed by atoms with Gasteiger partial charge in [0.25, 0.3) is 5.91 Å². The molecule has 7 heteroatoms. The van der Waals surface area contributed by atoms with Crippen molar-refractivity contribution in [2.45, 2.75) is 0 Å². The highest BCUT2D eigenvalue weighted by Gasteiger charge is 2.22.